The van der Waals surface area contributed by atoms with Crippen LogP contribution in [0.1, 0.15) is 93.8 Å². The summed E-state index contributed by atoms with van der Waals surface area (Å²) in [6, 6.07) is 5.54. The lowest BCUT2D eigenvalue weighted by Crippen LogP contribution is -2.54. The lowest BCUT2D eigenvalue weighted by atomic mass is 10.0. The first kappa shape index (κ1) is 46.3. The summed E-state index contributed by atoms with van der Waals surface area (Å²) < 4.78 is 19.5. The predicted octanol–water partition coefficient (Wildman–Crippen LogP) is 4.51. The van der Waals surface area contributed by atoms with E-state index in [4.69, 9.17) is 24.2 Å². The molecule has 0 saturated carbocycles. The number of nitrogens with one attached hydrogen (secondary N) is 4. The zero-order valence-corrected chi connectivity index (χ0v) is 35.7. The quantitative estimate of drug-likeness (QED) is 0.0868. The van der Waals surface area contributed by atoms with Crippen LogP contribution in [0, 0.1) is 5.92 Å². The van der Waals surface area contributed by atoms with Gasteiger partial charge in [0.15, 0.2) is 5.82 Å². The summed E-state index contributed by atoms with van der Waals surface area (Å²) in [4.78, 5) is 86.2. The van der Waals surface area contributed by atoms with Crippen molar-refractivity contribution < 1.29 is 43.0 Å². The Bertz CT molecular complexity index is 2020. The molecular formula is C42H60N8O9. The fraction of sp³-hybridized carbons (Fsp3) is 0.571. The summed E-state index contributed by atoms with van der Waals surface area (Å²) in [5.41, 5.74) is 0.239. The lowest BCUT2D eigenvalue weighted by Gasteiger charge is -2.27. The number of aromatic nitrogens is 3. The van der Waals surface area contributed by atoms with E-state index in [1.807, 2.05) is 49.6 Å². The molecule has 3 heterocycles. The maximum absolute atomic E-state index is 13.7. The molecule has 0 fully saturated rings. The molecule has 2 aromatic heterocycles. The molecule has 2 atom stereocenters. The number of alkyl carbamates (subject to hydrolysis) is 1. The molecule has 59 heavy (non-hydrogen) atoms. The Balaban J connectivity index is 1.43. The number of pyridine rings is 1. The summed E-state index contributed by atoms with van der Waals surface area (Å²) in [6.07, 6.45) is 4.07. The number of hydrogen-bond donors (Lipinski definition) is 4. The lowest BCUT2D eigenvalue weighted by molar-refractivity contribution is -0.137. The Morgan fingerprint density at radius 1 is 0.881 bits per heavy atom. The zero-order chi connectivity index (χ0) is 43.5. The van der Waals surface area contributed by atoms with Gasteiger partial charge in [0.05, 0.1) is 29.8 Å². The minimum Gasteiger partial charge on any atom is -0.444 e. The molecule has 0 aliphatic carbocycles. The van der Waals surface area contributed by atoms with Gasteiger partial charge in [-0.1, -0.05) is 38.5 Å². The van der Waals surface area contributed by atoms with Crippen molar-refractivity contribution in [2.75, 3.05) is 31.6 Å². The van der Waals surface area contributed by atoms with Crippen LogP contribution in [0.2, 0.25) is 0 Å². The molecule has 1 aliphatic rings. The summed E-state index contributed by atoms with van der Waals surface area (Å²) in [5, 5.41) is 11.9. The van der Waals surface area contributed by atoms with E-state index >= 15 is 0 Å². The maximum Gasteiger partial charge on any atom is 0.408 e. The Hall–Kier alpha value is -5.42. The molecule has 1 aromatic carbocycles. The van der Waals surface area contributed by atoms with E-state index in [0.717, 1.165) is 5.39 Å². The average Bonchev–Trinajstić information content (AvgIpc) is 3.67. The number of carbonyl (C=O) groups is 6. The van der Waals surface area contributed by atoms with Gasteiger partial charge in [0.25, 0.3) is 11.8 Å². The van der Waals surface area contributed by atoms with Gasteiger partial charge in [-0.25, -0.2) is 14.8 Å². The second-order valence-corrected chi connectivity index (χ2v) is 16.4. The number of carbonyl (C=O) groups excluding carboxylic acids is 6. The number of ether oxygens (including phenoxy) is 3. The number of anilines is 1. The minimum absolute atomic E-state index is 0.111. The Kier molecular flexibility index (Phi) is 16.1. The molecule has 0 saturated heterocycles. The van der Waals surface area contributed by atoms with Gasteiger partial charge in [-0.3, -0.25) is 28.9 Å². The number of amides is 6. The molecule has 3 aromatic rings. The SMILES string of the molecule is CCOCc1nc2c(NC(=O)[C@H](C)NC(=O)[C@@H](NC(=O)OC(C)(C)C)C(C)C)nc3ccccc3c2n1CC(C)(C)OCCNC(=O)CCCCCN1C(=O)C=CC1=O. The number of nitrogens with zero attached hydrogens (tertiary/aromatic N) is 4. The van der Waals surface area contributed by atoms with E-state index in [2.05, 4.69) is 21.3 Å². The van der Waals surface area contributed by atoms with Crippen LogP contribution in [0.3, 0.4) is 0 Å². The molecule has 17 heteroatoms. The van der Waals surface area contributed by atoms with Crippen molar-refractivity contribution in [3.63, 3.8) is 0 Å². The molecule has 1 aliphatic heterocycles. The van der Waals surface area contributed by atoms with E-state index in [1.165, 1.54) is 17.1 Å². The number of hydrogen-bond acceptors (Lipinski definition) is 11. The van der Waals surface area contributed by atoms with Gasteiger partial charge >= 0.3 is 6.09 Å². The molecule has 6 amide bonds. The third-order valence-corrected chi connectivity index (χ3v) is 9.35. The van der Waals surface area contributed by atoms with Crippen LogP contribution in [0.25, 0.3) is 21.9 Å². The van der Waals surface area contributed by atoms with Gasteiger partial charge in [-0.2, -0.15) is 0 Å². The summed E-state index contributed by atoms with van der Waals surface area (Å²) in [7, 11) is 0. The Morgan fingerprint density at radius 3 is 2.24 bits per heavy atom. The molecule has 0 radical (unpaired) electrons. The predicted molar refractivity (Wildman–Crippen MR) is 222 cm³/mol. The third-order valence-electron chi connectivity index (χ3n) is 9.35. The molecule has 0 unspecified atom stereocenters. The van der Waals surface area contributed by atoms with Gasteiger partial charge < -0.3 is 40.0 Å². The van der Waals surface area contributed by atoms with Crippen LogP contribution in [-0.4, -0.2) is 105 Å². The number of imidazole rings is 1. The number of benzene rings is 1. The molecule has 322 valence electrons. The Labute approximate surface area is 345 Å². The highest BCUT2D eigenvalue weighted by molar-refractivity contribution is 6.13. The first-order chi connectivity index (χ1) is 27.8. The van der Waals surface area contributed by atoms with Crippen molar-refractivity contribution in [1.82, 2.24) is 35.4 Å². The number of imide groups is 1. The molecule has 4 N–H and O–H groups in total. The monoisotopic (exact) mass is 820 g/mol. The molecule has 0 bridgehead atoms. The first-order valence-corrected chi connectivity index (χ1v) is 20.2. The topological polar surface area (TPSA) is 212 Å². The second kappa shape index (κ2) is 20.5. The van der Waals surface area contributed by atoms with Crippen LogP contribution < -0.4 is 21.3 Å². The van der Waals surface area contributed by atoms with Crippen molar-refractivity contribution in [2.45, 2.75) is 124 Å². The Morgan fingerprint density at radius 2 is 1.58 bits per heavy atom. The standard InChI is InChI=1S/C42H60N8O9/c1-10-57-24-30-46-35-36(50(30)25-42(8,9)58-23-21-43-31(51)18-12-11-15-22-49-32(52)19-20-33(49)53)28-16-13-14-17-29(28)45-37(35)48-38(54)27(4)44-39(55)34(26(2)3)47-40(56)59-41(5,6)7/h13-14,16-17,19-20,26-27,34H,10-12,15,18,21-25H2,1-9H3,(H,43,51)(H,44,55)(H,47,56)(H,45,48,54)/t27-,34-/m0/s1. The highest BCUT2D eigenvalue weighted by atomic mass is 16.6. The minimum atomic E-state index is -1.01. The fourth-order valence-corrected chi connectivity index (χ4v) is 6.42. The molecule has 4 rings (SSSR count). The number of para-hydroxylation sites is 1. The van der Waals surface area contributed by atoms with Crippen molar-refractivity contribution >= 4 is 63.4 Å². The van der Waals surface area contributed by atoms with Crippen LogP contribution in [-0.2, 0) is 51.3 Å². The molecule has 0 spiro atoms. The number of fused-ring (bicyclic) bond motifs is 3. The van der Waals surface area contributed by atoms with E-state index in [9.17, 15) is 28.8 Å². The normalized spacial score (nSPS) is 14.2. The van der Waals surface area contributed by atoms with Gasteiger partial charge in [-0.15, -0.1) is 0 Å². The third kappa shape index (κ3) is 13.3. The van der Waals surface area contributed by atoms with Crippen molar-refractivity contribution in [1.29, 1.82) is 0 Å². The average molecular weight is 821 g/mol. The number of unbranched alkanes of at least 4 members (excludes halogenated alkanes) is 2. The van der Waals surface area contributed by atoms with Crippen LogP contribution in [0.5, 0.6) is 0 Å². The van der Waals surface area contributed by atoms with E-state index in [1.54, 1.807) is 41.5 Å². The zero-order valence-electron chi connectivity index (χ0n) is 35.7. The highest BCUT2D eigenvalue weighted by Crippen LogP contribution is 2.32. The van der Waals surface area contributed by atoms with E-state index in [-0.39, 0.29) is 42.7 Å². The first-order valence-electron chi connectivity index (χ1n) is 20.2. The van der Waals surface area contributed by atoms with Crippen molar-refractivity contribution in [3.8, 4) is 0 Å². The van der Waals surface area contributed by atoms with Gasteiger partial charge in [0.1, 0.15) is 35.6 Å². The van der Waals surface area contributed by atoms with Gasteiger partial charge in [0, 0.05) is 43.7 Å². The summed E-state index contributed by atoms with van der Waals surface area (Å²) in [6.45, 7) is 17.9. The summed E-state index contributed by atoms with van der Waals surface area (Å²) in [5.74, 6) is -1.31. The van der Waals surface area contributed by atoms with Gasteiger partial charge in [0.2, 0.25) is 17.7 Å². The summed E-state index contributed by atoms with van der Waals surface area (Å²) >= 11 is 0. The van der Waals surface area contributed by atoms with E-state index < -0.39 is 41.2 Å². The van der Waals surface area contributed by atoms with Crippen LogP contribution >= 0.6 is 0 Å². The smallest absolute Gasteiger partial charge is 0.408 e. The fourth-order valence-electron chi connectivity index (χ4n) is 6.42. The molecule has 17 nitrogen and oxygen atoms in total. The van der Waals surface area contributed by atoms with Crippen molar-refractivity contribution in [2.24, 2.45) is 5.92 Å². The second-order valence-electron chi connectivity index (χ2n) is 16.4. The highest BCUT2D eigenvalue weighted by Gasteiger charge is 2.31. The van der Waals surface area contributed by atoms with E-state index in [0.29, 0.717) is 74.3 Å². The number of rotatable bonds is 21. The molecular weight excluding hydrogens is 761 g/mol. The van der Waals surface area contributed by atoms with Crippen LogP contribution in [0.4, 0.5) is 10.6 Å². The van der Waals surface area contributed by atoms with Gasteiger partial charge in [-0.05, 0) is 73.3 Å². The van der Waals surface area contributed by atoms with Crippen molar-refractivity contribution in [3.05, 3.63) is 42.2 Å². The van der Waals surface area contributed by atoms with Crippen LogP contribution in [0.15, 0.2) is 36.4 Å². The maximum atomic E-state index is 13.7. The largest absolute Gasteiger partial charge is 0.444 e.